The first-order chi connectivity index (χ1) is 8.72. The second kappa shape index (κ2) is 5.08. The molecule has 0 spiro atoms. The minimum Gasteiger partial charge on any atom is -0.398 e. The van der Waals surface area contributed by atoms with Crippen LogP contribution in [-0.2, 0) is 6.54 Å². The van der Waals surface area contributed by atoms with E-state index in [0.29, 0.717) is 10.7 Å². The Kier molecular flexibility index (Phi) is 3.46. The van der Waals surface area contributed by atoms with Crippen LogP contribution in [0.3, 0.4) is 0 Å². The van der Waals surface area contributed by atoms with E-state index >= 15 is 0 Å². The van der Waals surface area contributed by atoms with Crippen LogP contribution in [0.25, 0.3) is 0 Å². The molecule has 0 unspecified atom stereocenters. The number of nitrogen functional groups attached to an aromatic ring is 1. The van der Waals surface area contributed by atoms with Gasteiger partial charge in [-0.15, -0.1) is 0 Å². The number of rotatable bonds is 3. The summed E-state index contributed by atoms with van der Waals surface area (Å²) >= 11 is 5.94. The maximum atomic E-state index is 5.94. The maximum Gasteiger partial charge on any atom is 0.0635 e. The molecule has 4 heteroatoms. The minimum atomic E-state index is 0.650. The van der Waals surface area contributed by atoms with Crippen LogP contribution < -0.4 is 5.73 Å². The Bertz CT molecular complexity index is 423. The van der Waals surface area contributed by atoms with Crippen LogP contribution in [0.5, 0.6) is 0 Å². The number of nitrogens with zero attached hydrogens (tertiary/aromatic N) is 2. The molecular weight excluding hydrogens is 246 g/mol. The van der Waals surface area contributed by atoms with Gasteiger partial charge in [0.1, 0.15) is 0 Å². The van der Waals surface area contributed by atoms with Crippen LogP contribution in [0, 0.1) is 0 Å². The summed E-state index contributed by atoms with van der Waals surface area (Å²) in [6.07, 6.45) is 2.82. The topological polar surface area (TPSA) is 32.5 Å². The lowest BCUT2D eigenvalue weighted by molar-refractivity contribution is 0.121. The number of anilines is 1. The van der Waals surface area contributed by atoms with Gasteiger partial charge in [0.2, 0.25) is 0 Å². The fourth-order valence-corrected chi connectivity index (χ4v) is 2.79. The molecule has 0 radical (unpaired) electrons. The highest BCUT2D eigenvalue weighted by atomic mass is 35.5. The first-order valence-electron chi connectivity index (χ1n) is 6.73. The van der Waals surface area contributed by atoms with Gasteiger partial charge in [-0.25, -0.2) is 0 Å². The third-order valence-electron chi connectivity index (χ3n) is 3.94. The highest BCUT2D eigenvalue weighted by Gasteiger charge is 2.30. The molecule has 0 bridgehead atoms. The molecule has 0 atom stereocenters. The first kappa shape index (κ1) is 12.3. The Morgan fingerprint density at radius 3 is 2.50 bits per heavy atom. The fourth-order valence-electron chi connectivity index (χ4n) is 2.68. The Hall–Kier alpha value is -0.770. The Morgan fingerprint density at radius 1 is 1.17 bits per heavy atom. The van der Waals surface area contributed by atoms with Gasteiger partial charge >= 0.3 is 0 Å². The average molecular weight is 266 g/mol. The van der Waals surface area contributed by atoms with Crippen molar-refractivity contribution in [3.05, 3.63) is 28.8 Å². The standard InChI is InChI=1S/C14H20ClN3/c15-13-4-1-11(9-14(13)16)10-17-5-7-18(8-6-17)12-2-3-12/h1,4,9,12H,2-3,5-8,10,16H2. The Balaban J connectivity index is 1.55. The lowest BCUT2D eigenvalue weighted by Crippen LogP contribution is -2.46. The van der Waals surface area contributed by atoms with Crippen molar-refractivity contribution in [1.82, 2.24) is 9.80 Å². The van der Waals surface area contributed by atoms with Crippen molar-refractivity contribution in [3.8, 4) is 0 Å². The van der Waals surface area contributed by atoms with Gasteiger partial charge in [0.05, 0.1) is 10.7 Å². The molecule has 1 saturated heterocycles. The van der Waals surface area contributed by atoms with Gasteiger partial charge < -0.3 is 5.73 Å². The van der Waals surface area contributed by atoms with Crippen molar-refractivity contribution in [1.29, 1.82) is 0 Å². The van der Waals surface area contributed by atoms with Crippen molar-refractivity contribution in [2.24, 2.45) is 0 Å². The molecule has 18 heavy (non-hydrogen) atoms. The number of nitrogens with two attached hydrogens (primary N) is 1. The maximum absolute atomic E-state index is 5.94. The van der Waals surface area contributed by atoms with Gasteiger partial charge in [-0.05, 0) is 30.5 Å². The zero-order valence-electron chi connectivity index (χ0n) is 10.6. The third-order valence-corrected chi connectivity index (χ3v) is 4.28. The van der Waals surface area contributed by atoms with Crippen LogP contribution in [0.4, 0.5) is 5.69 Å². The van der Waals surface area contributed by atoms with Crippen molar-refractivity contribution in [2.75, 3.05) is 31.9 Å². The summed E-state index contributed by atoms with van der Waals surface area (Å²) in [4.78, 5) is 5.13. The van der Waals surface area contributed by atoms with Crippen molar-refractivity contribution >= 4 is 17.3 Å². The van der Waals surface area contributed by atoms with E-state index in [4.69, 9.17) is 17.3 Å². The van der Waals surface area contributed by atoms with Gasteiger partial charge in [-0.1, -0.05) is 17.7 Å². The first-order valence-corrected chi connectivity index (χ1v) is 7.10. The lowest BCUT2D eigenvalue weighted by atomic mass is 10.1. The second-order valence-corrected chi connectivity index (χ2v) is 5.81. The average Bonchev–Trinajstić information content (AvgIpc) is 3.19. The number of hydrogen-bond donors (Lipinski definition) is 1. The Labute approximate surface area is 114 Å². The van der Waals surface area contributed by atoms with Gasteiger partial charge in [0, 0.05) is 38.8 Å². The van der Waals surface area contributed by atoms with Crippen LogP contribution in [0.15, 0.2) is 18.2 Å². The van der Waals surface area contributed by atoms with Crippen molar-refractivity contribution < 1.29 is 0 Å². The largest absolute Gasteiger partial charge is 0.398 e. The summed E-state index contributed by atoms with van der Waals surface area (Å²) in [6, 6.07) is 6.87. The van der Waals surface area contributed by atoms with Crippen molar-refractivity contribution in [2.45, 2.75) is 25.4 Å². The second-order valence-electron chi connectivity index (χ2n) is 5.40. The molecule has 2 fully saturated rings. The molecule has 1 aromatic rings. The third kappa shape index (κ3) is 2.79. The highest BCUT2D eigenvalue weighted by Crippen LogP contribution is 2.28. The van der Waals surface area contributed by atoms with Gasteiger partial charge in [-0.2, -0.15) is 0 Å². The SMILES string of the molecule is Nc1cc(CN2CCN(C3CC3)CC2)ccc1Cl. The molecule has 1 aliphatic carbocycles. The molecule has 0 amide bonds. The molecular formula is C14H20ClN3. The number of hydrogen-bond acceptors (Lipinski definition) is 3. The summed E-state index contributed by atoms with van der Waals surface area (Å²) in [6.45, 7) is 5.75. The zero-order chi connectivity index (χ0) is 12.5. The van der Waals surface area contributed by atoms with Gasteiger partial charge in [0.15, 0.2) is 0 Å². The lowest BCUT2D eigenvalue weighted by Gasteiger charge is -2.34. The van der Waals surface area contributed by atoms with Crippen LogP contribution in [-0.4, -0.2) is 42.0 Å². The van der Waals surface area contributed by atoms with Crippen LogP contribution in [0.2, 0.25) is 5.02 Å². The number of piperazine rings is 1. The van der Waals surface area contributed by atoms with E-state index in [1.165, 1.54) is 44.6 Å². The molecule has 3 nitrogen and oxygen atoms in total. The quantitative estimate of drug-likeness (QED) is 0.851. The predicted octanol–water partition coefficient (Wildman–Crippen LogP) is 2.20. The molecule has 2 N–H and O–H groups in total. The van der Waals surface area contributed by atoms with E-state index in [1.54, 1.807) is 0 Å². The molecule has 1 heterocycles. The fraction of sp³-hybridized carbons (Fsp3) is 0.571. The van der Waals surface area contributed by atoms with E-state index in [1.807, 2.05) is 12.1 Å². The summed E-state index contributed by atoms with van der Waals surface area (Å²) in [5.41, 5.74) is 7.78. The minimum absolute atomic E-state index is 0.650. The molecule has 1 aromatic carbocycles. The molecule has 2 aliphatic rings. The van der Waals surface area contributed by atoms with Crippen molar-refractivity contribution in [3.63, 3.8) is 0 Å². The highest BCUT2D eigenvalue weighted by molar-refractivity contribution is 6.33. The molecule has 1 aliphatic heterocycles. The zero-order valence-corrected chi connectivity index (χ0v) is 11.4. The van der Waals surface area contributed by atoms with Crippen LogP contribution in [0.1, 0.15) is 18.4 Å². The van der Waals surface area contributed by atoms with E-state index in [2.05, 4.69) is 15.9 Å². The van der Waals surface area contributed by atoms with Gasteiger partial charge in [0.25, 0.3) is 0 Å². The Morgan fingerprint density at radius 2 is 1.89 bits per heavy atom. The van der Waals surface area contributed by atoms with E-state index in [-0.39, 0.29) is 0 Å². The monoisotopic (exact) mass is 265 g/mol. The van der Waals surface area contributed by atoms with Gasteiger partial charge in [-0.3, -0.25) is 9.80 Å². The molecule has 0 aromatic heterocycles. The summed E-state index contributed by atoms with van der Waals surface area (Å²) in [5, 5.41) is 0.650. The summed E-state index contributed by atoms with van der Waals surface area (Å²) in [7, 11) is 0. The van der Waals surface area contributed by atoms with E-state index in [0.717, 1.165) is 12.6 Å². The molecule has 1 saturated carbocycles. The number of halogens is 1. The number of benzene rings is 1. The summed E-state index contributed by atoms with van der Waals surface area (Å²) < 4.78 is 0. The summed E-state index contributed by atoms with van der Waals surface area (Å²) in [5.74, 6) is 0. The van der Waals surface area contributed by atoms with E-state index < -0.39 is 0 Å². The molecule has 3 rings (SSSR count). The smallest absolute Gasteiger partial charge is 0.0635 e. The predicted molar refractivity (Wildman–Crippen MR) is 75.7 cm³/mol. The van der Waals surface area contributed by atoms with E-state index in [9.17, 15) is 0 Å². The normalized spacial score (nSPS) is 22.3. The van der Waals surface area contributed by atoms with Crippen LogP contribution >= 0.6 is 11.6 Å². The molecule has 98 valence electrons.